The van der Waals surface area contributed by atoms with E-state index in [4.69, 9.17) is 0 Å². The van der Waals surface area contributed by atoms with Crippen molar-refractivity contribution < 1.29 is 13.6 Å². The van der Waals surface area contributed by atoms with E-state index in [1.54, 1.807) is 7.05 Å². The van der Waals surface area contributed by atoms with Crippen LogP contribution in [-0.4, -0.2) is 30.4 Å². The van der Waals surface area contributed by atoms with Crippen LogP contribution in [0.3, 0.4) is 0 Å². The summed E-state index contributed by atoms with van der Waals surface area (Å²) in [6.45, 7) is 6.23. The van der Waals surface area contributed by atoms with Crippen molar-refractivity contribution in [2.45, 2.75) is 39.7 Å². The molecule has 1 unspecified atom stereocenters. The fourth-order valence-electron chi connectivity index (χ4n) is 1.79. The maximum absolute atomic E-state index is 13.9. The predicted octanol–water partition coefficient (Wildman–Crippen LogP) is 3.66. The summed E-state index contributed by atoms with van der Waals surface area (Å²) >= 11 is 0. The van der Waals surface area contributed by atoms with Crippen LogP contribution in [0.2, 0.25) is 0 Å². The van der Waals surface area contributed by atoms with Crippen LogP contribution in [0.1, 0.15) is 44.0 Å². The lowest BCUT2D eigenvalue weighted by Crippen LogP contribution is -2.34. The lowest BCUT2D eigenvalue weighted by Gasteiger charge is -2.24. The van der Waals surface area contributed by atoms with Crippen molar-refractivity contribution >= 4 is 11.6 Å². The molecule has 0 bridgehead atoms. The highest BCUT2D eigenvalue weighted by Crippen LogP contribution is 2.22. The summed E-state index contributed by atoms with van der Waals surface area (Å²) in [7, 11) is 1.63. The van der Waals surface area contributed by atoms with E-state index in [0.29, 0.717) is 6.54 Å². The zero-order valence-corrected chi connectivity index (χ0v) is 12.5. The van der Waals surface area contributed by atoms with Gasteiger partial charge in [-0.1, -0.05) is 13.8 Å². The number of hydrogen-bond donors (Lipinski definition) is 1. The van der Waals surface area contributed by atoms with E-state index in [9.17, 15) is 13.6 Å². The van der Waals surface area contributed by atoms with Gasteiger partial charge in [-0.2, -0.15) is 0 Å². The van der Waals surface area contributed by atoms with Crippen molar-refractivity contribution in [1.29, 1.82) is 0 Å². The van der Waals surface area contributed by atoms with Gasteiger partial charge in [-0.25, -0.2) is 8.78 Å². The minimum absolute atomic E-state index is 0.0199. The standard InChI is InChI=1S/C15H22F2N2O/c1-5-7-18-14-12(16)8-11(9-13(14)17)15(20)19(4)10(3)6-2/h8-10,18H,5-7H2,1-4H3. The largest absolute Gasteiger partial charge is 0.380 e. The van der Waals surface area contributed by atoms with Gasteiger partial charge in [-0.3, -0.25) is 4.79 Å². The monoisotopic (exact) mass is 284 g/mol. The summed E-state index contributed by atoms with van der Waals surface area (Å²) in [4.78, 5) is 13.6. The molecule has 1 atom stereocenters. The molecule has 5 heteroatoms. The minimum atomic E-state index is -0.737. The molecule has 0 saturated carbocycles. The van der Waals surface area contributed by atoms with Crippen molar-refractivity contribution in [3.63, 3.8) is 0 Å². The molecule has 112 valence electrons. The number of hydrogen-bond acceptors (Lipinski definition) is 2. The second kappa shape index (κ2) is 7.22. The second-order valence-corrected chi connectivity index (χ2v) is 4.91. The van der Waals surface area contributed by atoms with Gasteiger partial charge < -0.3 is 10.2 Å². The Morgan fingerprint density at radius 2 is 1.85 bits per heavy atom. The molecule has 0 spiro atoms. The molecule has 0 saturated heterocycles. The molecule has 0 aliphatic rings. The maximum Gasteiger partial charge on any atom is 0.254 e. The number of anilines is 1. The lowest BCUT2D eigenvalue weighted by atomic mass is 10.1. The third-order valence-corrected chi connectivity index (χ3v) is 3.41. The average molecular weight is 284 g/mol. The molecular formula is C15H22F2N2O. The molecule has 0 aliphatic heterocycles. The molecular weight excluding hydrogens is 262 g/mol. The molecule has 1 rings (SSSR count). The van der Waals surface area contributed by atoms with E-state index in [-0.39, 0.29) is 23.2 Å². The van der Waals surface area contributed by atoms with Gasteiger partial charge in [0, 0.05) is 25.2 Å². The number of rotatable bonds is 6. The van der Waals surface area contributed by atoms with Crippen LogP contribution < -0.4 is 5.32 Å². The molecule has 0 heterocycles. The molecule has 1 aromatic carbocycles. The van der Waals surface area contributed by atoms with Crippen LogP contribution in [0.5, 0.6) is 0 Å². The second-order valence-electron chi connectivity index (χ2n) is 4.91. The third-order valence-electron chi connectivity index (χ3n) is 3.41. The quantitative estimate of drug-likeness (QED) is 0.864. The highest BCUT2D eigenvalue weighted by atomic mass is 19.1. The number of benzene rings is 1. The van der Waals surface area contributed by atoms with E-state index in [1.807, 2.05) is 20.8 Å². The zero-order chi connectivity index (χ0) is 15.3. The Kier molecular flexibility index (Phi) is 5.92. The first kappa shape index (κ1) is 16.4. The number of halogens is 2. The fraction of sp³-hybridized carbons (Fsp3) is 0.533. The topological polar surface area (TPSA) is 32.3 Å². The normalized spacial score (nSPS) is 12.1. The smallest absolute Gasteiger partial charge is 0.254 e. The van der Waals surface area contributed by atoms with Gasteiger partial charge in [-0.15, -0.1) is 0 Å². The van der Waals surface area contributed by atoms with Crippen LogP contribution in [-0.2, 0) is 0 Å². The Morgan fingerprint density at radius 3 is 2.30 bits per heavy atom. The fourth-order valence-corrected chi connectivity index (χ4v) is 1.79. The van der Waals surface area contributed by atoms with Crippen LogP contribution >= 0.6 is 0 Å². The highest BCUT2D eigenvalue weighted by Gasteiger charge is 2.20. The predicted molar refractivity (Wildman–Crippen MR) is 77.0 cm³/mol. The van der Waals surface area contributed by atoms with Crippen molar-refractivity contribution in [1.82, 2.24) is 4.90 Å². The van der Waals surface area contributed by atoms with Crippen molar-refractivity contribution in [3.05, 3.63) is 29.3 Å². The van der Waals surface area contributed by atoms with Gasteiger partial charge in [0.1, 0.15) is 17.3 Å². The summed E-state index contributed by atoms with van der Waals surface area (Å²) in [5.74, 6) is -1.85. The first-order chi connectivity index (χ1) is 9.42. The summed E-state index contributed by atoms with van der Waals surface area (Å²) in [6, 6.07) is 2.19. The molecule has 0 aromatic heterocycles. The molecule has 20 heavy (non-hydrogen) atoms. The number of nitrogens with zero attached hydrogens (tertiary/aromatic N) is 1. The van der Waals surface area contributed by atoms with E-state index < -0.39 is 11.6 Å². The summed E-state index contributed by atoms with van der Waals surface area (Å²) in [5.41, 5.74) is -0.139. The van der Waals surface area contributed by atoms with Gasteiger partial charge >= 0.3 is 0 Å². The van der Waals surface area contributed by atoms with Crippen LogP contribution in [0, 0.1) is 11.6 Å². The van der Waals surface area contributed by atoms with E-state index in [1.165, 1.54) is 4.90 Å². The zero-order valence-electron chi connectivity index (χ0n) is 12.5. The molecule has 1 N–H and O–H groups in total. The average Bonchev–Trinajstić information content (AvgIpc) is 2.43. The van der Waals surface area contributed by atoms with Crippen LogP contribution in [0.25, 0.3) is 0 Å². The Balaban J connectivity index is 3.01. The first-order valence-electron chi connectivity index (χ1n) is 6.92. The third kappa shape index (κ3) is 3.68. The molecule has 1 amide bonds. The molecule has 1 aromatic rings. The minimum Gasteiger partial charge on any atom is -0.380 e. The maximum atomic E-state index is 13.9. The Morgan fingerprint density at radius 1 is 1.30 bits per heavy atom. The molecule has 0 fully saturated rings. The number of nitrogens with one attached hydrogen (secondary N) is 1. The summed E-state index contributed by atoms with van der Waals surface area (Å²) in [5, 5.41) is 2.69. The van der Waals surface area contributed by atoms with E-state index in [0.717, 1.165) is 25.0 Å². The Hall–Kier alpha value is -1.65. The van der Waals surface area contributed by atoms with Gasteiger partial charge in [0.25, 0.3) is 5.91 Å². The highest BCUT2D eigenvalue weighted by molar-refractivity contribution is 5.94. The van der Waals surface area contributed by atoms with Crippen LogP contribution in [0.4, 0.5) is 14.5 Å². The van der Waals surface area contributed by atoms with Crippen molar-refractivity contribution in [3.8, 4) is 0 Å². The first-order valence-corrected chi connectivity index (χ1v) is 6.92. The van der Waals surface area contributed by atoms with Crippen LogP contribution in [0.15, 0.2) is 12.1 Å². The summed E-state index contributed by atoms with van der Waals surface area (Å²) < 4.78 is 27.7. The molecule has 0 aliphatic carbocycles. The Labute approximate surface area is 119 Å². The number of carbonyl (C=O) groups is 1. The molecule has 3 nitrogen and oxygen atoms in total. The van der Waals surface area contributed by atoms with Crippen molar-refractivity contribution in [2.75, 3.05) is 18.9 Å². The van der Waals surface area contributed by atoms with Crippen molar-refractivity contribution in [2.24, 2.45) is 0 Å². The molecule has 0 radical (unpaired) electrons. The van der Waals surface area contributed by atoms with Gasteiger partial charge in [0.05, 0.1) is 0 Å². The lowest BCUT2D eigenvalue weighted by molar-refractivity contribution is 0.0739. The van der Waals surface area contributed by atoms with Gasteiger partial charge in [-0.05, 0) is 31.9 Å². The Bertz CT molecular complexity index is 454. The van der Waals surface area contributed by atoms with Gasteiger partial charge in [0.15, 0.2) is 0 Å². The SMILES string of the molecule is CCCNc1c(F)cc(C(=O)N(C)C(C)CC)cc1F. The number of amides is 1. The van der Waals surface area contributed by atoms with E-state index >= 15 is 0 Å². The van der Waals surface area contributed by atoms with E-state index in [2.05, 4.69) is 5.32 Å². The number of carbonyl (C=O) groups excluding carboxylic acids is 1. The summed E-state index contributed by atoms with van der Waals surface area (Å²) in [6.07, 6.45) is 1.54. The van der Waals surface area contributed by atoms with Gasteiger partial charge in [0.2, 0.25) is 0 Å².